The van der Waals surface area contributed by atoms with Gasteiger partial charge in [-0.3, -0.25) is 0 Å². The van der Waals surface area contributed by atoms with Crippen LogP contribution in [0.1, 0.15) is 31.4 Å². The third-order valence-electron chi connectivity index (χ3n) is 4.03. The van der Waals surface area contributed by atoms with Gasteiger partial charge in [-0.2, -0.15) is 0 Å². The summed E-state index contributed by atoms with van der Waals surface area (Å²) in [5, 5.41) is 9.81. The molecule has 4 heteroatoms. The normalized spacial score (nSPS) is 18.6. The van der Waals surface area contributed by atoms with Crippen molar-refractivity contribution in [2.45, 2.75) is 25.9 Å². The largest absolute Gasteiger partial charge is 0.389 e. The minimum atomic E-state index is -0.773. The summed E-state index contributed by atoms with van der Waals surface area (Å²) in [6.07, 6.45) is 1.47. The molecule has 1 heterocycles. The van der Waals surface area contributed by atoms with Crippen molar-refractivity contribution in [1.82, 2.24) is 4.90 Å². The summed E-state index contributed by atoms with van der Waals surface area (Å²) >= 11 is 0. The second-order valence-electron chi connectivity index (χ2n) is 6.04. The molecule has 0 radical (unpaired) electrons. The van der Waals surface area contributed by atoms with E-state index in [0.29, 0.717) is 11.5 Å². The molecule has 1 fully saturated rings. The highest BCUT2D eigenvalue weighted by atomic mass is 19.1. The zero-order valence-corrected chi connectivity index (χ0v) is 12.6. The Morgan fingerprint density at radius 1 is 1.35 bits per heavy atom. The van der Waals surface area contributed by atoms with E-state index in [-0.39, 0.29) is 5.82 Å². The second-order valence-corrected chi connectivity index (χ2v) is 6.04. The van der Waals surface area contributed by atoms with Crippen LogP contribution < -0.4 is 4.90 Å². The van der Waals surface area contributed by atoms with Gasteiger partial charge in [-0.25, -0.2) is 4.39 Å². The maximum Gasteiger partial charge on any atom is 0.131 e. The smallest absolute Gasteiger partial charge is 0.131 e. The Balaban J connectivity index is 2.09. The van der Waals surface area contributed by atoms with E-state index in [2.05, 4.69) is 23.9 Å². The maximum absolute atomic E-state index is 13.9. The Morgan fingerprint density at radius 3 is 2.55 bits per heavy atom. The Kier molecular flexibility index (Phi) is 5.00. The lowest BCUT2D eigenvalue weighted by Crippen LogP contribution is -2.37. The van der Waals surface area contributed by atoms with Gasteiger partial charge in [0.25, 0.3) is 0 Å². The number of nitrogens with zero attached hydrogens (tertiary/aromatic N) is 2. The first kappa shape index (κ1) is 15.3. The van der Waals surface area contributed by atoms with Crippen LogP contribution in [0.25, 0.3) is 0 Å². The quantitative estimate of drug-likeness (QED) is 0.918. The van der Waals surface area contributed by atoms with Crippen molar-refractivity contribution in [3.05, 3.63) is 29.6 Å². The van der Waals surface area contributed by atoms with Crippen molar-refractivity contribution in [3.63, 3.8) is 0 Å². The van der Waals surface area contributed by atoms with Gasteiger partial charge < -0.3 is 14.9 Å². The summed E-state index contributed by atoms with van der Waals surface area (Å²) in [6, 6.07) is 5.06. The Bertz CT molecular complexity index is 440. The molecule has 1 atom stereocenters. The maximum atomic E-state index is 13.9. The lowest BCUT2D eigenvalue weighted by molar-refractivity contribution is 0.194. The summed E-state index contributed by atoms with van der Waals surface area (Å²) in [7, 11) is 4.20. The summed E-state index contributed by atoms with van der Waals surface area (Å²) in [5.74, 6) is 0.401. The van der Waals surface area contributed by atoms with Gasteiger partial charge in [0.1, 0.15) is 5.82 Å². The van der Waals surface area contributed by atoms with Crippen LogP contribution in [0, 0.1) is 11.7 Å². The average Bonchev–Trinajstić information content (AvgIpc) is 2.38. The van der Waals surface area contributed by atoms with Crippen molar-refractivity contribution in [2.75, 3.05) is 38.6 Å². The fraction of sp³-hybridized carbons (Fsp3) is 0.625. The molecular weight excluding hydrogens is 255 g/mol. The van der Waals surface area contributed by atoms with Crippen LogP contribution in [0.2, 0.25) is 0 Å². The molecule has 0 bridgehead atoms. The number of piperidine rings is 1. The lowest BCUT2D eigenvalue weighted by Gasteiger charge is -2.36. The molecule has 20 heavy (non-hydrogen) atoms. The number of benzene rings is 1. The SMILES string of the molecule is C[C@@H](O)c1c(F)cccc1N1CCC(CN(C)C)CC1. The van der Waals surface area contributed by atoms with Crippen LogP contribution in [0.4, 0.5) is 10.1 Å². The van der Waals surface area contributed by atoms with Crippen molar-refractivity contribution in [1.29, 1.82) is 0 Å². The molecule has 1 aliphatic heterocycles. The Morgan fingerprint density at radius 2 is 2.00 bits per heavy atom. The summed E-state index contributed by atoms with van der Waals surface area (Å²) < 4.78 is 13.9. The summed E-state index contributed by atoms with van der Waals surface area (Å²) in [6.45, 7) is 4.60. The number of hydrogen-bond acceptors (Lipinski definition) is 3. The number of rotatable bonds is 4. The number of hydrogen-bond donors (Lipinski definition) is 1. The molecule has 2 rings (SSSR count). The van der Waals surface area contributed by atoms with E-state index in [0.717, 1.165) is 38.2 Å². The van der Waals surface area contributed by atoms with Crippen LogP contribution >= 0.6 is 0 Å². The molecule has 0 unspecified atom stereocenters. The van der Waals surface area contributed by atoms with Crippen molar-refractivity contribution >= 4 is 5.69 Å². The molecule has 1 saturated heterocycles. The molecule has 1 aromatic carbocycles. The number of aliphatic hydroxyl groups is 1. The molecular formula is C16H25FN2O. The standard InChI is InChI=1S/C16H25FN2O/c1-12(20)16-14(17)5-4-6-15(16)19-9-7-13(8-10-19)11-18(2)3/h4-6,12-13,20H,7-11H2,1-3H3/t12-/m1/s1. The molecule has 1 N–H and O–H groups in total. The number of aliphatic hydroxyl groups excluding tert-OH is 1. The highest BCUT2D eigenvalue weighted by molar-refractivity contribution is 5.55. The van der Waals surface area contributed by atoms with Gasteiger partial charge in [0.2, 0.25) is 0 Å². The molecule has 1 aliphatic rings. The van der Waals surface area contributed by atoms with Crippen LogP contribution in [0.5, 0.6) is 0 Å². The highest BCUT2D eigenvalue weighted by Crippen LogP contribution is 2.31. The first-order valence-corrected chi connectivity index (χ1v) is 7.35. The number of anilines is 1. The van der Waals surface area contributed by atoms with Crippen molar-refractivity contribution < 1.29 is 9.50 Å². The van der Waals surface area contributed by atoms with Crippen molar-refractivity contribution in [3.8, 4) is 0 Å². The molecule has 3 nitrogen and oxygen atoms in total. The minimum absolute atomic E-state index is 0.312. The van der Waals surface area contributed by atoms with Gasteiger partial charge in [0.15, 0.2) is 0 Å². The summed E-state index contributed by atoms with van der Waals surface area (Å²) in [5.41, 5.74) is 1.28. The fourth-order valence-electron chi connectivity index (χ4n) is 3.09. The molecule has 1 aromatic rings. The molecule has 0 saturated carbocycles. The first-order valence-electron chi connectivity index (χ1n) is 7.35. The Labute approximate surface area is 121 Å². The van der Waals surface area contributed by atoms with Crippen LogP contribution in [0.15, 0.2) is 18.2 Å². The highest BCUT2D eigenvalue weighted by Gasteiger charge is 2.23. The zero-order chi connectivity index (χ0) is 14.7. The second kappa shape index (κ2) is 6.55. The van der Waals surface area contributed by atoms with Gasteiger partial charge in [-0.15, -0.1) is 0 Å². The third kappa shape index (κ3) is 3.49. The van der Waals surface area contributed by atoms with E-state index in [1.54, 1.807) is 13.0 Å². The van der Waals surface area contributed by atoms with Crippen LogP contribution in [-0.4, -0.2) is 43.7 Å². The average molecular weight is 280 g/mol. The Hall–Kier alpha value is -1.13. The van der Waals surface area contributed by atoms with E-state index < -0.39 is 6.10 Å². The zero-order valence-electron chi connectivity index (χ0n) is 12.6. The van der Waals surface area contributed by atoms with Crippen LogP contribution in [0.3, 0.4) is 0 Å². The van der Waals surface area contributed by atoms with Crippen molar-refractivity contribution in [2.24, 2.45) is 5.92 Å². The van der Waals surface area contributed by atoms with Crippen LogP contribution in [-0.2, 0) is 0 Å². The monoisotopic (exact) mass is 280 g/mol. The third-order valence-corrected chi connectivity index (χ3v) is 4.03. The van der Waals surface area contributed by atoms with Gasteiger partial charge in [-0.1, -0.05) is 6.07 Å². The van der Waals surface area contributed by atoms with E-state index >= 15 is 0 Å². The van der Waals surface area contributed by atoms with E-state index in [1.807, 2.05) is 6.07 Å². The van der Waals surface area contributed by atoms with E-state index in [9.17, 15) is 9.50 Å². The van der Waals surface area contributed by atoms with Gasteiger partial charge >= 0.3 is 0 Å². The predicted octanol–water partition coefficient (Wildman–Crippen LogP) is 2.66. The molecule has 0 spiro atoms. The molecule has 112 valence electrons. The van der Waals surface area contributed by atoms with Gasteiger partial charge in [0, 0.05) is 30.9 Å². The predicted molar refractivity (Wildman–Crippen MR) is 80.5 cm³/mol. The number of halogens is 1. The lowest BCUT2D eigenvalue weighted by atomic mass is 9.95. The van der Waals surface area contributed by atoms with E-state index in [1.165, 1.54) is 6.07 Å². The molecule has 0 aromatic heterocycles. The van der Waals surface area contributed by atoms with E-state index in [4.69, 9.17) is 0 Å². The molecule has 0 aliphatic carbocycles. The van der Waals surface area contributed by atoms with Gasteiger partial charge in [0.05, 0.1) is 6.10 Å². The topological polar surface area (TPSA) is 26.7 Å². The minimum Gasteiger partial charge on any atom is -0.389 e. The summed E-state index contributed by atoms with van der Waals surface area (Å²) in [4.78, 5) is 4.43. The van der Waals surface area contributed by atoms with Gasteiger partial charge in [-0.05, 0) is 51.9 Å². The molecule has 0 amide bonds. The first-order chi connectivity index (χ1) is 9.49. The fourth-order valence-corrected chi connectivity index (χ4v) is 3.09.